The summed E-state index contributed by atoms with van der Waals surface area (Å²) in [6.45, 7) is 5.97. The first-order chi connectivity index (χ1) is 5.41. The molecule has 66 valence electrons. The van der Waals surface area contributed by atoms with Crippen molar-refractivity contribution in [2.24, 2.45) is 0 Å². The fourth-order valence-electron chi connectivity index (χ4n) is 0.893. The van der Waals surface area contributed by atoms with Gasteiger partial charge in [-0.3, -0.25) is 0 Å². The van der Waals surface area contributed by atoms with Crippen LogP contribution in [-0.4, -0.2) is 15.1 Å². The summed E-state index contributed by atoms with van der Waals surface area (Å²) >= 11 is 3.91. The second kappa shape index (κ2) is 2.94. The van der Waals surface area contributed by atoms with Crippen LogP contribution in [-0.2, 0) is 5.41 Å². The average molecular weight is 184 g/mol. The van der Waals surface area contributed by atoms with Crippen molar-refractivity contribution < 1.29 is 5.11 Å². The highest BCUT2D eigenvalue weighted by molar-refractivity contribution is 7.80. The molecule has 0 radical (unpaired) electrons. The lowest BCUT2D eigenvalue weighted by molar-refractivity contribution is 0.417. The fourth-order valence-corrected chi connectivity index (χ4v) is 1.05. The van der Waals surface area contributed by atoms with Gasteiger partial charge in [0.05, 0.1) is 0 Å². The first-order valence-corrected chi connectivity index (χ1v) is 4.11. The van der Waals surface area contributed by atoms with Crippen molar-refractivity contribution in [3.8, 4) is 5.88 Å². The monoisotopic (exact) mass is 184 g/mol. The zero-order valence-electron chi connectivity index (χ0n) is 7.37. The molecule has 0 atom stereocenters. The summed E-state index contributed by atoms with van der Waals surface area (Å²) in [7, 11) is 0. The number of hydrogen-bond donors (Lipinski definition) is 2. The Hall–Kier alpha value is -0.770. The number of aromatic hydroxyl groups is 1. The van der Waals surface area contributed by atoms with Crippen LogP contribution in [0.15, 0.2) is 11.4 Å². The molecule has 1 heterocycles. The van der Waals surface area contributed by atoms with Crippen LogP contribution in [0.3, 0.4) is 0 Å². The molecule has 12 heavy (non-hydrogen) atoms. The zero-order valence-corrected chi connectivity index (χ0v) is 8.26. The van der Waals surface area contributed by atoms with E-state index in [-0.39, 0.29) is 11.3 Å². The molecule has 0 amide bonds. The Balaban J connectivity index is 3.19. The molecule has 0 bridgehead atoms. The van der Waals surface area contributed by atoms with Gasteiger partial charge in [0.25, 0.3) is 0 Å². The molecule has 0 aliphatic heterocycles. The minimum atomic E-state index is -0.133. The molecule has 0 unspecified atom stereocenters. The van der Waals surface area contributed by atoms with Crippen LogP contribution >= 0.6 is 12.6 Å². The van der Waals surface area contributed by atoms with Crippen molar-refractivity contribution in [1.29, 1.82) is 0 Å². The maximum absolute atomic E-state index is 9.43. The molecule has 1 N–H and O–H groups in total. The van der Waals surface area contributed by atoms with Crippen molar-refractivity contribution in [2.45, 2.75) is 31.3 Å². The fraction of sp³-hybridized carbons (Fsp3) is 0.500. The zero-order chi connectivity index (χ0) is 9.35. The lowest BCUT2D eigenvalue weighted by Gasteiger charge is -2.18. The molecule has 0 spiro atoms. The lowest BCUT2D eigenvalue weighted by atomic mass is 9.89. The molecule has 1 aromatic rings. The molecule has 0 aliphatic rings. The first kappa shape index (κ1) is 9.32. The van der Waals surface area contributed by atoms with Crippen LogP contribution in [0.4, 0.5) is 0 Å². The first-order valence-electron chi connectivity index (χ1n) is 3.66. The minimum Gasteiger partial charge on any atom is -0.493 e. The van der Waals surface area contributed by atoms with Crippen LogP contribution in [0.2, 0.25) is 0 Å². The largest absolute Gasteiger partial charge is 0.493 e. The molecule has 0 saturated heterocycles. The smallest absolute Gasteiger partial charge is 0.218 e. The standard InChI is InChI=1S/C8H12N2OS/c1-8(2,3)5-4-9-7(12)10-6(5)11/h4H,1-3H3,(H2,9,10,11,12). The van der Waals surface area contributed by atoms with E-state index in [0.29, 0.717) is 5.16 Å². The summed E-state index contributed by atoms with van der Waals surface area (Å²) < 4.78 is 0. The third kappa shape index (κ3) is 1.88. The third-order valence-electron chi connectivity index (χ3n) is 1.56. The SMILES string of the molecule is CC(C)(C)c1cnc(S)nc1O. The highest BCUT2D eigenvalue weighted by atomic mass is 32.1. The van der Waals surface area contributed by atoms with Gasteiger partial charge in [0.2, 0.25) is 5.88 Å². The van der Waals surface area contributed by atoms with Gasteiger partial charge in [-0.15, -0.1) is 12.6 Å². The minimum absolute atomic E-state index is 0.0162. The van der Waals surface area contributed by atoms with E-state index in [1.807, 2.05) is 20.8 Å². The highest BCUT2D eigenvalue weighted by Gasteiger charge is 2.19. The van der Waals surface area contributed by atoms with Gasteiger partial charge in [-0.1, -0.05) is 20.8 Å². The van der Waals surface area contributed by atoms with E-state index >= 15 is 0 Å². The summed E-state index contributed by atoms with van der Waals surface area (Å²) in [6.07, 6.45) is 1.60. The number of rotatable bonds is 0. The van der Waals surface area contributed by atoms with Crippen LogP contribution in [0.5, 0.6) is 5.88 Å². The topological polar surface area (TPSA) is 46.0 Å². The Morgan fingerprint density at radius 1 is 1.42 bits per heavy atom. The molecule has 0 aliphatic carbocycles. The van der Waals surface area contributed by atoms with Crippen molar-refractivity contribution in [3.05, 3.63) is 11.8 Å². The van der Waals surface area contributed by atoms with Gasteiger partial charge in [0.1, 0.15) is 0 Å². The number of nitrogens with zero attached hydrogens (tertiary/aromatic N) is 2. The van der Waals surface area contributed by atoms with Crippen LogP contribution in [0, 0.1) is 0 Å². The highest BCUT2D eigenvalue weighted by Crippen LogP contribution is 2.28. The van der Waals surface area contributed by atoms with E-state index in [9.17, 15) is 5.11 Å². The van der Waals surface area contributed by atoms with E-state index in [1.165, 1.54) is 0 Å². The van der Waals surface area contributed by atoms with Gasteiger partial charge >= 0.3 is 0 Å². The summed E-state index contributed by atoms with van der Waals surface area (Å²) in [5.74, 6) is 0.0162. The summed E-state index contributed by atoms with van der Waals surface area (Å²) in [6, 6.07) is 0. The summed E-state index contributed by atoms with van der Waals surface area (Å²) in [4.78, 5) is 7.65. The van der Waals surface area contributed by atoms with Crippen LogP contribution in [0.25, 0.3) is 0 Å². The van der Waals surface area contributed by atoms with Crippen LogP contribution < -0.4 is 0 Å². The normalized spacial score (nSPS) is 11.7. The molecule has 3 nitrogen and oxygen atoms in total. The maximum Gasteiger partial charge on any atom is 0.218 e. The van der Waals surface area contributed by atoms with E-state index in [1.54, 1.807) is 6.20 Å². The predicted octanol–water partition coefficient (Wildman–Crippen LogP) is 1.77. The number of aromatic nitrogens is 2. The van der Waals surface area contributed by atoms with E-state index in [2.05, 4.69) is 22.6 Å². The molecule has 4 heteroatoms. The quantitative estimate of drug-likeness (QED) is 0.477. The van der Waals surface area contributed by atoms with E-state index in [0.717, 1.165) is 5.56 Å². The Morgan fingerprint density at radius 2 is 2.00 bits per heavy atom. The van der Waals surface area contributed by atoms with E-state index in [4.69, 9.17) is 0 Å². The lowest BCUT2D eigenvalue weighted by Crippen LogP contribution is -2.12. The third-order valence-corrected chi connectivity index (χ3v) is 1.78. The number of thiol groups is 1. The Bertz CT molecular complexity index is 294. The molecular formula is C8H12N2OS. The maximum atomic E-state index is 9.43. The van der Waals surface area contributed by atoms with Gasteiger partial charge in [-0.25, -0.2) is 4.98 Å². The summed E-state index contributed by atoms with van der Waals surface area (Å²) in [5, 5.41) is 9.72. The molecule has 0 aromatic carbocycles. The molecule has 1 rings (SSSR count). The second-order valence-corrected chi connectivity index (χ2v) is 4.06. The Morgan fingerprint density at radius 3 is 2.42 bits per heavy atom. The van der Waals surface area contributed by atoms with Gasteiger partial charge in [-0.05, 0) is 5.41 Å². The summed E-state index contributed by atoms with van der Waals surface area (Å²) in [5.41, 5.74) is 0.603. The molecule has 0 fully saturated rings. The molecule has 1 aromatic heterocycles. The van der Waals surface area contributed by atoms with Crippen LogP contribution in [0.1, 0.15) is 26.3 Å². The van der Waals surface area contributed by atoms with Gasteiger partial charge in [0, 0.05) is 11.8 Å². The molecular weight excluding hydrogens is 172 g/mol. The van der Waals surface area contributed by atoms with Crippen molar-refractivity contribution in [2.75, 3.05) is 0 Å². The van der Waals surface area contributed by atoms with Crippen molar-refractivity contribution in [3.63, 3.8) is 0 Å². The van der Waals surface area contributed by atoms with Gasteiger partial charge < -0.3 is 5.11 Å². The van der Waals surface area contributed by atoms with Crippen molar-refractivity contribution >= 4 is 12.6 Å². The Kier molecular flexibility index (Phi) is 2.28. The van der Waals surface area contributed by atoms with E-state index < -0.39 is 0 Å². The van der Waals surface area contributed by atoms with Crippen molar-refractivity contribution in [1.82, 2.24) is 9.97 Å². The second-order valence-electron chi connectivity index (χ2n) is 3.66. The average Bonchev–Trinajstić information content (AvgIpc) is 1.83. The predicted molar refractivity (Wildman–Crippen MR) is 49.6 cm³/mol. The molecule has 0 saturated carbocycles. The Labute approximate surface area is 77.3 Å². The number of hydrogen-bond acceptors (Lipinski definition) is 4. The van der Waals surface area contributed by atoms with Gasteiger partial charge in [-0.2, -0.15) is 4.98 Å². The van der Waals surface area contributed by atoms with Gasteiger partial charge in [0.15, 0.2) is 5.16 Å².